The Morgan fingerprint density at radius 2 is 1.65 bits per heavy atom. The molecular weight excluding hydrogens is 339 g/mol. The first kappa shape index (κ1) is 18.3. The minimum atomic E-state index is -1.82. The molecule has 1 aromatic heterocycles. The monoisotopic (exact) mass is 372 g/mol. The van der Waals surface area contributed by atoms with Crippen molar-refractivity contribution in [3.05, 3.63) is 47.7 Å². The van der Waals surface area contributed by atoms with E-state index in [4.69, 9.17) is 0 Å². The molecule has 0 fully saturated rings. The molecule has 0 saturated carbocycles. The van der Waals surface area contributed by atoms with Gasteiger partial charge >= 0.3 is 145 Å². The SMILES string of the molecule is CCC(CC)c1ccc(C)c(-c2c[c]([Ge]([CH3])([CH3])[CH3])cc[n+]2C)c1. The van der Waals surface area contributed by atoms with Gasteiger partial charge in [0.05, 0.1) is 0 Å². The molecule has 23 heavy (non-hydrogen) atoms. The van der Waals surface area contributed by atoms with Gasteiger partial charge < -0.3 is 0 Å². The Morgan fingerprint density at radius 3 is 2.22 bits per heavy atom. The summed E-state index contributed by atoms with van der Waals surface area (Å²) in [7, 11) is 2.16. The number of pyridine rings is 1. The van der Waals surface area contributed by atoms with Gasteiger partial charge in [0.15, 0.2) is 0 Å². The fourth-order valence-corrected chi connectivity index (χ4v) is 5.63. The second-order valence-electron chi connectivity index (χ2n) is 7.75. The van der Waals surface area contributed by atoms with Gasteiger partial charge in [0, 0.05) is 0 Å². The summed E-state index contributed by atoms with van der Waals surface area (Å²) >= 11 is -1.82. The van der Waals surface area contributed by atoms with Gasteiger partial charge in [-0.15, -0.1) is 0 Å². The molecule has 0 amide bonds. The van der Waals surface area contributed by atoms with Gasteiger partial charge in [-0.3, -0.25) is 0 Å². The van der Waals surface area contributed by atoms with Crippen LogP contribution in [-0.2, 0) is 7.05 Å². The normalized spacial score (nSPS) is 12.0. The van der Waals surface area contributed by atoms with E-state index in [1.165, 1.54) is 35.2 Å². The number of nitrogens with zero attached hydrogens (tertiary/aromatic N) is 1. The van der Waals surface area contributed by atoms with Gasteiger partial charge in [-0.2, -0.15) is 0 Å². The number of hydrogen-bond donors (Lipinski definition) is 0. The fraction of sp³-hybridized carbons (Fsp3) is 0.476. The van der Waals surface area contributed by atoms with E-state index < -0.39 is 13.3 Å². The zero-order chi connectivity index (χ0) is 17.2. The number of aryl methyl sites for hydroxylation is 2. The van der Waals surface area contributed by atoms with Crippen molar-refractivity contribution in [2.24, 2.45) is 7.05 Å². The molecule has 0 atom stereocenters. The van der Waals surface area contributed by atoms with Crippen LogP contribution in [0.2, 0.25) is 17.3 Å². The average molecular weight is 371 g/mol. The van der Waals surface area contributed by atoms with Crippen molar-refractivity contribution in [3.8, 4) is 11.3 Å². The van der Waals surface area contributed by atoms with Crippen LogP contribution in [0.4, 0.5) is 0 Å². The molecule has 1 heterocycles. The standard InChI is InChI=1S/C21H32GeN/c1-8-17(9-2)18-11-10-16(3)20(14-18)21-15-19(22(4,5)6)12-13-23(21)7/h10-15,17H,8-9H2,1-7H3/q+1. The molecule has 124 valence electrons. The molecule has 2 rings (SSSR count). The van der Waals surface area contributed by atoms with E-state index in [9.17, 15) is 0 Å². The molecule has 1 nitrogen and oxygen atoms in total. The maximum atomic E-state index is 2.46. The third-order valence-electron chi connectivity index (χ3n) is 5.01. The molecule has 0 unspecified atom stereocenters. The molecule has 1 aromatic carbocycles. The molecule has 0 radical (unpaired) electrons. The molecule has 0 N–H and O–H groups in total. The first-order chi connectivity index (χ1) is 10.8. The van der Waals surface area contributed by atoms with E-state index in [0.29, 0.717) is 5.92 Å². The Kier molecular flexibility index (Phi) is 5.72. The molecule has 0 spiro atoms. The summed E-state index contributed by atoms with van der Waals surface area (Å²) in [5.41, 5.74) is 5.60. The third-order valence-corrected chi connectivity index (χ3v) is 9.30. The van der Waals surface area contributed by atoms with Crippen LogP contribution in [0.1, 0.15) is 43.7 Å². The van der Waals surface area contributed by atoms with E-state index in [2.05, 4.69) is 86.2 Å². The van der Waals surface area contributed by atoms with Crippen molar-refractivity contribution < 1.29 is 4.57 Å². The minimum absolute atomic E-state index is 0.670. The Balaban J connectivity index is 2.59. The average Bonchev–Trinajstić information content (AvgIpc) is 2.49. The topological polar surface area (TPSA) is 3.88 Å². The van der Waals surface area contributed by atoms with Gasteiger partial charge in [-0.1, -0.05) is 0 Å². The van der Waals surface area contributed by atoms with E-state index in [0.717, 1.165) is 0 Å². The van der Waals surface area contributed by atoms with Crippen LogP contribution >= 0.6 is 0 Å². The molecular formula is C21H32GeN+. The second kappa shape index (κ2) is 7.21. The molecule has 2 heteroatoms. The summed E-state index contributed by atoms with van der Waals surface area (Å²) in [5.74, 6) is 8.06. The van der Waals surface area contributed by atoms with E-state index in [1.54, 1.807) is 4.40 Å². The number of benzene rings is 1. The van der Waals surface area contributed by atoms with Crippen LogP contribution in [0.3, 0.4) is 0 Å². The third kappa shape index (κ3) is 4.06. The van der Waals surface area contributed by atoms with Gasteiger partial charge in [-0.25, -0.2) is 0 Å². The van der Waals surface area contributed by atoms with Crippen molar-refractivity contribution in [2.45, 2.75) is 56.8 Å². The zero-order valence-corrected chi connectivity index (χ0v) is 18.0. The molecule has 2 aromatic rings. The maximum absolute atomic E-state index is 2.46. The Hall–Kier alpha value is -1.09. The van der Waals surface area contributed by atoms with Crippen LogP contribution in [0.15, 0.2) is 36.5 Å². The van der Waals surface area contributed by atoms with Crippen LogP contribution in [-0.4, -0.2) is 13.3 Å². The number of rotatable bonds is 5. The summed E-state index contributed by atoms with van der Waals surface area (Å²) in [6, 6.07) is 11.8. The van der Waals surface area contributed by atoms with E-state index in [1.807, 2.05) is 0 Å². The van der Waals surface area contributed by atoms with Gasteiger partial charge in [0.2, 0.25) is 0 Å². The molecule has 0 aliphatic heterocycles. The summed E-state index contributed by atoms with van der Waals surface area (Å²) < 4.78 is 3.85. The first-order valence-electron chi connectivity index (χ1n) is 8.89. The van der Waals surface area contributed by atoms with Crippen molar-refractivity contribution in [2.75, 3.05) is 0 Å². The second-order valence-corrected chi connectivity index (χ2v) is 18.4. The predicted molar refractivity (Wildman–Crippen MR) is 104 cm³/mol. The van der Waals surface area contributed by atoms with Crippen molar-refractivity contribution in [3.63, 3.8) is 0 Å². The number of aromatic nitrogens is 1. The zero-order valence-electron chi connectivity index (χ0n) is 15.9. The Morgan fingerprint density at radius 1 is 1.00 bits per heavy atom. The van der Waals surface area contributed by atoms with Crippen LogP contribution in [0.5, 0.6) is 0 Å². The van der Waals surface area contributed by atoms with Gasteiger partial charge in [0.1, 0.15) is 0 Å². The molecule has 0 aliphatic rings. The van der Waals surface area contributed by atoms with Gasteiger partial charge in [-0.05, 0) is 0 Å². The van der Waals surface area contributed by atoms with Crippen LogP contribution in [0, 0.1) is 6.92 Å². The molecule has 0 saturated heterocycles. The van der Waals surface area contributed by atoms with Crippen molar-refractivity contribution >= 4 is 17.7 Å². The molecule has 0 aliphatic carbocycles. The van der Waals surface area contributed by atoms with Crippen LogP contribution in [0.25, 0.3) is 11.3 Å². The quantitative estimate of drug-likeness (QED) is 0.518. The summed E-state index contributed by atoms with van der Waals surface area (Å²) in [6.07, 6.45) is 4.66. The van der Waals surface area contributed by atoms with Crippen molar-refractivity contribution in [1.82, 2.24) is 0 Å². The Bertz CT molecular complexity index is 679. The van der Waals surface area contributed by atoms with E-state index >= 15 is 0 Å². The van der Waals surface area contributed by atoms with Gasteiger partial charge in [0.25, 0.3) is 0 Å². The van der Waals surface area contributed by atoms with Crippen molar-refractivity contribution in [1.29, 1.82) is 0 Å². The molecule has 0 bridgehead atoms. The summed E-state index contributed by atoms with van der Waals surface area (Å²) in [5, 5.41) is 0. The summed E-state index contributed by atoms with van der Waals surface area (Å²) in [6.45, 7) is 6.82. The van der Waals surface area contributed by atoms with Crippen LogP contribution < -0.4 is 8.96 Å². The fourth-order valence-electron chi connectivity index (χ4n) is 3.23. The predicted octanol–water partition coefficient (Wildman–Crippen LogP) is 4.94. The first-order valence-corrected chi connectivity index (χ1v) is 16.2. The number of hydrogen-bond acceptors (Lipinski definition) is 0. The van der Waals surface area contributed by atoms with E-state index in [-0.39, 0.29) is 0 Å². The summed E-state index contributed by atoms with van der Waals surface area (Å²) in [4.78, 5) is 0. The Labute approximate surface area is 145 Å².